The molecular weight excluding hydrogens is 342 g/mol. The van der Waals surface area contributed by atoms with Crippen molar-refractivity contribution in [2.75, 3.05) is 7.05 Å². The van der Waals surface area contributed by atoms with Crippen molar-refractivity contribution in [2.45, 2.75) is 53.8 Å². The first kappa shape index (κ1) is 19.7. The van der Waals surface area contributed by atoms with Crippen molar-refractivity contribution in [3.05, 3.63) is 86.7 Å². The van der Waals surface area contributed by atoms with Gasteiger partial charge in [-0.1, -0.05) is 49.0 Å². The van der Waals surface area contributed by atoms with Crippen molar-refractivity contribution in [3.63, 3.8) is 0 Å². The molecule has 0 spiro atoms. The Labute approximate surface area is 167 Å². The lowest BCUT2D eigenvalue weighted by molar-refractivity contribution is 0.388. The van der Waals surface area contributed by atoms with Crippen LogP contribution in [-0.4, -0.2) is 20.7 Å². The molecule has 0 N–H and O–H groups in total. The van der Waals surface area contributed by atoms with Crippen LogP contribution in [-0.2, 0) is 0 Å². The molecule has 1 unspecified atom stereocenters. The Balaban J connectivity index is 2.23. The minimum atomic E-state index is -0.961. The van der Waals surface area contributed by atoms with Gasteiger partial charge in [0.15, 0.2) is 0 Å². The quantitative estimate of drug-likeness (QED) is 0.577. The van der Waals surface area contributed by atoms with Crippen molar-refractivity contribution in [3.8, 4) is 0 Å². The fourth-order valence-corrected chi connectivity index (χ4v) is 5.75. The first-order valence-corrected chi connectivity index (χ1v) is 12.9. The van der Waals surface area contributed by atoms with Crippen LogP contribution in [0.15, 0.2) is 47.8 Å². The van der Waals surface area contributed by atoms with Crippen molar-refractivity contribution >= 4 is 14.4 Å². The van der Waals surface area contributed by atoms with Crippen LogP contribution in [0.5, 0.6) is 0 Å². The second kappa shape index (κ2) is 7.51. The third-order valence-corrected chi connectivity index (χ3v) is 7.66. The van der Waals surface area contributed by atoms with Crippen molar-refractivity contribution in [1.82, 2.24) is 4.90 Å². The Morgan fingerprint density at radius 2 is 1.52 bits per heavy atom. The average molecular weight is 376 g/mol. The Bertz CT molecular complexity index is 913. The largest absolute Gasteiger partial charge is 0.370 e. The van der Waals surface area contributed by atoms with E-state index in [1.165, 1.54) is 44.5 Å². The molecule has 0 saturated carbocycles. The first-order chi connectivity index (χ1) is 12.7. The highest BCUT2D eigenvalue weighted by molar-refractivity contribution is 6.67. The van der Waals surface area contributed by atoms with E-state index >= 15 is 0 Å². The fraction of sp³-hybridized carbons (Fsp3) is 0.360. The monoisotopic (exact) mass is 375 g/mol. The van der Waals surface area contributed by atoms with Crippen LogP contribution in [0.3, 0.4) is 0 Å². The summed E-state index contributed by atoms with van der Waals surface area (Å²) < 4.78 is 0. The standard InChI is InChI=1S/C25H33NSi/c1-16-12-19(4)20(5)21(13-16)23-14-22(24(27(7)8)15-26(23)6)25-17(2)10-9-11-18(25)3/h9-15,23,27H,1-8H3. The van der Waals surface area contributed by atoms with Crippen molar-refractivity contribution in [2.24, 2.45) is 0 Å². The zero-order chi connectivity index (χ0) is 19.9. The van der Waals surface area contributed by atoms with E-state index in [-0.39, 0.29) is 6.04 Å². The SMILES string of the molecule is Cc1cc(C)c(C)c(C2C=C(c3c(C)cccc3C)C([SiH](C)C)=CN2C)c1. The lowest BCUT2D eigenvalue weighted by Crippen LogP contribution is -2.26. The molecule has 1 aliphatic rings. The second-order valence-electron chi connectivity index (χ2n) is 8.49. The zero-order valence-corrected chi connectivity index (χ0v) is 19.3. The van der Waals surface area contributed by atoms with Gasteiger partial charge in [0.2, 0.25) is 0 Å². The molecule has 2 heteroatoms. The van der Waals surface area contributed by atoms with Crippen LogP contribution in [0.1, 0.15) is 45.0 Å². The molecule has 1 heterocycles. The van der Waals surface area contributed by atoms with E-state index in [0.717, 1.165) is 0 Å². The summed E-state index contributed by atoms with van der Waals surface area (Å²) in [4.78, 5) is 2.42. The number of hydrogen-bond acceptors (Lipinski definition) is 1. The summed E-state index contributed by atoms with van der Waals surface area (Å²) in [5.74, 6) is 0. The van der Waals surface area contributed by atoms with Crippen LogP contribution in [0.2, 0.25) is 13.1 Å². The summed E-state index contributed by atoms with van der Waals surface area (Å²) in [6, 6.07) is 11.6. The first-order valence-electron chi connectivity index (χ1n) is 10.0. The second-order valence-corrected chi connectivity index (χ2v) is 11.4. The predicted molar refractivity (Wildman–Crippen MR) is 122 cm³/mol. The Morgan fingerprint density at radius 1 is 0.889 bits per heavy atom. The molecule has 0 radical (unpaired) electrons. The summed E-state index contributed by atoms with van der Waals surface area (Å²) in [5, 5.41) is 1.56. The fourth-order valence-electron chi connectivity index (χ4n) is 4.36. The molecule has 142 valence electrons. The predicted octanol–water partition coefficient (Wildman–Crippen LogP) is 6.21. The van der Waals surface area contributed by atoms with Gasteiger partial charge in [-0.05, 0) is 91.0 Å². The van der Waals surface area contributed by atoms with E-state index in [9.17, 15) is 0 Å². The summed E-state index contributed by atoms with van der Waals surface area (Å²) in [6.07, 6.45) is 4.96. The summed E-state index contributed by atoms with van der Waals surface area (Å²) in [5.41, 5.74) is 11.2. The number of rotatable bonds is 3. The number of benzene rings is 2. The Kier molecular flexibility index (Phi) is 5.48. The lowest BCUT2D eigenvalue weighted by Gasteiger charge is -2.35. The van der Waals surface area contributed by atoms with Crippen LogP contribution >= 0.6 is 0 Å². The number of likely N-dealkylation sites (N-methyl/N-ethyl adjacent to an activating group) is 1. The maximum Gasteiger partial charge on any atom is 0.0729 e. The van der Waals surface area contributed by atoms with Gasteiger partial charge in [-0.15, -0.1) is 0 Å². The molecule has 1 aliphatic heterocycles. The molecule has 0 aromatic heterocycles. The summed E-state index contributed by atoms with van der Waals surface area (Å²) in [7, 11) is 1.27. The lowest BCUT2D eigenvalue weighted by atomic mass is 9.88. The molecule has 2 aromatic rings. The molecule has 0 amide bonds. The van der Waals surface area contributed by atoms with Gasteiger partial charge in [0, 0.05) is 7.05 Å². The van der Waals surface area contributed by atoms with E-state index in [2.05, 4.69) is 102 Å². The molecule has 0 bridgehead atoms. The molecular formula is C25H33NSi. The van der Waals surface area contributed by atoms with E-state index < -0.39 is 8.80 Å². The number of allylic oxidation sites excluding steroid dienone is 2. The molecule has 0 aliphatic carbocycles. The van der Waals surface area contributed by atoms with Gasteiger partial charge in [-0.25, -0.2) is 0 Å². The van der Waals surface area contributed by atoms with E-state index in [4.69, 9.17) is 0 Å². The van der Waals surface area contributed by atoms with Gasteiger partial charge in [0.1, 0.15) is 0 Å². The highest BCUT2D eigenvalue weighted by Crippen LogP contribution is 2.39. The normalized spacial score (nSPS) is 17.2. The van der Waals surface area contributed by atoms with Gasteiger partial charge >= 0.3 is 0 Å². The minimum absolute atomic E-state index is 0.286. The van der Waals surface area contributed by atoms with Crippen LogP contribution in [0.4, 0.5) is 0 Å². The molecule has 0 fully saturated rings. The number of hydrogen-bond donors (Lipinski definition) is 0. The molecule has 27 heavy (non-hydrogen) atoms. The molecule has 3 rings (SSSR count). The van der Waals surface area contributed by atoms with Gasteiger partial charge in [0.05, 0.1) is 14.8 Å². The minimum Gasteiger partial charge on any atom is -0.370 e. The van der Waals surface area contributed by atoms with Gasteiger partial charge in [0.25, 0.3) is 0 Å². The van der Waals surface area contributed by atoms with Crippen LogP contribution in [0, 0.1) is 34.6 Å². The van der Waals surface area contributed by atoms with Crippen LogP contribution in [0.25, 0.3) is 5.57 Å². The Hall–Kier alpha value is -2.06. The molecule has 1 atom stereocenters. The number of aryl methyl sites for hydroxylation is 4. The molecule has 0 saturated heterocycles. The van der Waals surface area contributed by atoms with Crippen LogP contribution < -0.4 is 0 Å². The summed E-state index contributed by atoms with van der Waals surface area (Å²) >= 11 is 0. The molecule has 1 nitrogen and oxygen atoms in total. The van der Waals surface area contributed by atoms with Gasteiger partial charge < -0.3 is 4.90 Å². The topological polar surface area (TPSA) is 3.24 Å². The smallest absolute Gasteiger partial charge is 0.0729 e. The van der Waals surface area contributed by atoms with Crippen molar-refractivity contribution < 1.29 is 0 Å². The van der Waals surface area contributed by atoms with Gasteiger partial charge in [-0.2, -0.15) is 0 Å². The van der Waals surface area contributed by atoms with E-state index in [1.54, 1.807) is 5.20 Å². The zero-order valence-electron chi connectivity index (χ0n) is 18.1. The maximum absolute atomic E-state index is 2.53. The summed E-state index contributed by atoms with van der Waals surface area (Å²) in [6.45, 7) is 16.1. The third-order valence-electron chi connectivity index (χ3n) is 5.96. The van der Waals surface area contributed by atoms with Crippen molar-refractivity contribution in [1.29, 1.82) is 0 Å². The molecule has 2 aromatic carbocycles. The Morgan fingerprint density at radius 3 is 2.11 bits per heavy atom. The maximum atomic E-state index is 2.53. The third kappa shape index (κ3) is 3.68. The van der Waals surface area contributed by atoms with E-state index in [1.807, 2.05) is 0 Å². The highest BCUT2D eigenvalue weighted by atomic mass is 28.3. The average Bonchev–Trinajstić information content (AvgIpc) is 2.58. The van der Waals surface area contributed by atoms with Gasteiger partial charge in [-0.3, -0.25) is 0 Å². The number of nitrogens with zero attached hydrogens (tertiary/aromatic N) is 1. The highest BCUT2D eigenvalue weighted by Gasteiger charge is 2.26. The van der Waals surface area contributed by atoms with E-state index in [0.29, 0.717) is 0 Å².